The van der Waals surface area contributed by atoms with E-state index in [9.17, 15) is 14.0 Å². The van der Waals surface area contributed by atoms with E-state index in [1.807, 2.05) is 6.07 Å². The minimum atomic E-state index is -0.535. The summed E-state index contributed by atoms with van der Waals surface area (Å²) in [6.07, 6.45) is 1.75. The summed E-state index contributed by atoms with van der Waals surface area (Å²) >= 11 is 0. The molecule has 0 aliphatic carbocycles. The highest BCUT2D eigenvalue weighted by Gasteiger charge is 2.04. The molecule has 0 radical (unpaired) electrons. The second-order valence-corrected chi connectivity index (χ2v) is 4.98. The minimum Gasteiger partial charge on any atom is -0.457 e. The zero-order valence-electron chi connectivity index (χ0n) is 12.0. The van der Waals surface area contributed by atoms with E-state index < -0.39 is 11.2 Å². The molecule has 0 unspecified atom stereocenters. The lowest BCUT2D eigenvalue weighted by Gasteiger charge is -2.07. The van der Waals surface area contributed by atoms with E-state index >= 15 is 0 Å². The largest absolute Gasteiger partial charge is 0.457 e. The maximum atomic E-state index is 12.9. The number of rotatable bonds is 4. The molecule has 116 valence electrons. The fourth-order valence-electron chi connectivity index (χ4n) is 2.15. The van der Waals surface area contributed by atoms with Crippen LogP contribution in [0.2, 0.25) is 0 Å². The van der Waals surface area contributed by atoms with Crippen LogP contribution in [0.1, 0.15) is 11.1 Å². The Balaban J connectivity index is 1.80. The summed E-state index contributed by atoms with van der Waals surface area (Å²) < 4.78 is 18.5. The normalized spacial score (nSPS) is 10.5. The topological polar surface area (TPSA) is 75.0 Å². The van der Waals surface area contributed by atoms with E-state index in [1.54, 1.807) is 18.2 Å². The maximum Gasteiger partial charge on any atom is 0.325 e. The molecular weight excluding hydrogens is 299 g/mol. The monoisotopic (exact) mass is 312 g/mol. The lowest BCUT2D eigenvalue weighted by atomic mass is 10.1. The number of hydrogen-bond donors (Lipinski definition) is 2. The molecule has 2 N–H and O–H groups in total. The van der Waals surface area contributed by atoms with E-state index in [0.29, 0.717) is 23.5 Å². The van der Waals surface area contributed by atoms with Crippen LogP contribution in [0, 0.1) is 5.82 Å². The molecule has 3 aromatic rings. The molecule has 1 aromatic heterocycles. The summed E-state index contributed by atoms with van der Waals surface area (Å²) in [5.74, 6) is 0.767. The van der Waals surface area contributed by atoms with Crippen molar-refractivity contribution in [2.75, 3.05) is 0 Å². The Labute approximate surface area is 130 Å². The predicted molar refractivity (Wildman–Crippen MR) is 83.4 cm³/mol. The molecule has 0 aliphatic heterocycles. The van der Waals surface area contributed by atoms with Crippen molar-refractivity contribution in [2.45, 2.75) is 6.42 Å². The van der Waals surface area contributed by atoms with Crippen LogP contribution in [0.15, 0.2) is 64.3 Å². The molecule has 6 heteroatoms. The van der Waals surface area contributed by atoms with Crippen LogP contribution in [0.4, 0.5) is 4.39 Å². The second-order valence-electron chi connectivity index (χ2n) is 4.98. The number of ether oxygens (including phenoxy) is 1. The summed E-state index contributed by atoms with van der Waals surface area (Å²) in [4.78, 5) is 27.4. The van der Waals surface area contributed by atoms with Crippen molar-refractivity contribution < 1.29 is 9.13 Å². The first kappa shape index (κ1) is 14.8. The van der Waals surface area contributed by atoms with Crippen molar-refractivity contribution in [3.05, 3.63) is 92.5 Å². The van der Waals surface area contributed by atoms with E-state index in [4.69, 9.17) is 4.74 Å². The SMILES string of the molecule is O=c1[nH]cc(Cc2cccc(Oc3ccc(F)cc3)c2)c(=O)[nH]1. The van der Waals surface area contributed by atoms with Crippen LogP contribution in [0.25, 0.3) is 0 Å². The lowest BCUT2D eigenvalue weighted by Crippen LogP contribution is -2.24. The molecule has 0 aliphatic rings. The molecule has 0 saturated heterocycles. The zero-order chi connectivity index (χ0) is 16.2. The molecule has 2 aromatic carbocycles. The minimum absolute atomic E-state index is 0.330. The van der Waals surface area contributed by atoms with Gasteiger partial charge in [0.2, 0.25) is 0 Å². The number of aromatic nitrogens is 2. The van der Waals surface area contributed by atoms with Crippen LogP contribution in [0.5, 0.6) is 11.5 Å². The van der Waals surface area contributed by atoms with Gasteiger partial charge in [0.1, 0.15) is 17.3 Å². The van der Waals surface area contributed by atoms with Crippen molar-refractivity contribution in [1.29, 1.82) is 0 Å². The van der Waals surface area contributed by atoms with Gasteiger partial charge in [0.15, 0.2) is 0 Å². The van der Waals surface area contributed by atoms with Gasteiger partial charge >= 0.3 is 5.69 Å². The highest BCUT2D eigenvalue weighted by Crippen LogP contribution is 2.23. The standard InChI is InChI=1S/C17H13FN2O3/c18-13-4-6-14(7-5-13)23-15-3-1-2-11(9-15)8-12-10-19-17(22)20-16(12)21/h1-7,9-10H,8H2,(H2,19,20,21,22). The van der Waals surface area contributed by atoms with Crippen molar-refractivity contribution in [3.63, 3.8) is 0 Å². The maximum absolute atomic E-state index is 12.9. The van der Waals surface area contributed by atoms with Gasteiger partial charge in [-0.3, -0.25) is 9.78 Å². The number of halogens is 1. The highest BCUT2D eigenvalue weighted by molar-refractivity contribution is 5.35. The average molecular weight is 312 g/mol. The first-order chi connectivity index (χ1) is 11.1. The third-order valence-electron chi connectivity index (χ3n) is 3.24. The zero-order valence-corrected chi connectivity index (χ0v) is 12.0. The van der Waals surface area contributed by atoms with Crippen LogP contribution < -0.4 is 16.0 Å². The number of hydrogen-bond acceptors (Lipinski definition) is 3. The van der Waals surface area contributed by atoms with Gasteiger partial charge in [0, 0.05) is 18.2 Å². The van der Waals surface area contributed by atoms with E-state index in [2.05, 4.69) is 9.97 Å². The van der Waals surface area contributed by atoms with Crippen LogP contribution >= 0.6 is 0 Å². The smallest absolute Gasteiger partial charge is 0.325 e. The lowest BCUT2D eigenvalue weighted by molar-refractivity contribution is 0.480. The fourth-order valence-corrected chi connectivity index (χ4v) is 2.15. The molecule has 0 atom stereocenters. The summed E-state index contributed by atoms with van der Waals surface area (Å²) in [6.45, 7) is 0. The number of benzene rings is 2. The van der Waals surface area contributed by atoms with Crippen molar-refractivity contribution in [2.24, 2.45) is 0 Å². The Hall–Kier alpha value is -3.15. The van der Waals surface area contributed by atoms with E-state index in [0.717, 1.165) is 5.56 Å². The first-order valence-corrected chi connectivity index (χ1v) is 6.93. The molecule has 0 fully saturated rings. The quantitative estimate of drug-likeness (QED) is 0.777. The third-order valence-corrected chi connectivity index (χ3v) is 3.24. The highest BCUT2D eigenvalue weighted by atomic mass is 19.1. The summed E-state index contributed by atoms with van der Waals surface area (Å²) in [7, 11) is 0. The van der Waals surface area contributed by atoms with Crippen LogP contribution in [0.3, 0.4) is 0 Å². The Kier molecular flexibility index (Phi) is 4.05. The van der Waals surface area contributed by atoms with Crippen molar-refractivity contribution in [1.82, 2.24) is 9.97 Å². The molecule has 0 spiro atoms. The first-order valence-electron chi connectivity index (χ1n) is 6.93. The third kappa shape index (κ3) is 3.74. The van der Waals surface area contributed by atoms with Gasteiger partial charge in [-0.15, -0.1) is 0 Å². The van der Waals surface area contributed by atoms with Gasteiger partial charge in [-0.2, -0.15) is 0 Å². The Bertz CT molecular complexity index is 929. The molecular formula is C17H13FN2O3. The number of aromatic amines is 2. The van der Waals surface area contributed by atoms with Crippen molar-refractivity contribution in [3.8, 4) is 11.5 Å². The fraction of sp³-hybridized carbons (Fsp3) is 0.0588. The summed E-state index contributed by atoms with van der Waals surface area (Å²) in [5, 5.41) is 0. The summed E-state index contributed by atoms with van der Waals surface area (Å²) in [6, 6.07) is 12.9. The van der Waals surface area contributed by atoms with Crippen molar-refractivity contribution >= 4 is 0 Å². The Morgan fingerprint density at radius 1 is 1.00 bits per heavy atom. The van der Waals surface area contributed by atoms with Gasteiger partial charge in [-0.05, 0) is 42.0 Å². The van der Waals surface area contributed by atoms with Crippen LogP contribution in [-0.4, -0.2) is 9.97 Å². The molecule has 0 bridgehead atoms. The van der Waals surface area contributed by atoms with Gasteiger partial charge in [0.05, 0.1) is 0 Å². The van der Waals surface area contributed by atoms with Crippen LogP contribution in [-0.2, 0) is 6.42 Å². The Morgan fingerprint density at radius 3 is 2.52 bits per heavy atom. The van der Waals surface area contributed by atoms with E-state index in [-0.39, 0.29) is 5.82 Å². The van der Waals surface area contributed by atoms with Gasteiger partial charge in [0.25, 0.3) is 5.56 Å². The number of nitrogens with one attached hydrogen (secondary N) is 2. The molecule has 5 nitrogen and oxygen atoms in total. The molecule has 0 saturated carbocycles. The second kappa shape index (κ2) is 6.31. The molecule has 0 amide bonds. The van der Waals surface area contributed by atoms with Gasteiger partial charge in [-0.1, -0.05) is 12.1 Å². The Morgan fingerprint density at radius 2 is 1.78 bits per heavy atom. The predicted octanol–water partition coefficient (Wildman–Crippen LogP) is 2.59. The molecule has 23 heavy (non-hydrogen) atoms. The number of H-pyrrole nitrogens is 2. The van der Waals surface area contributed by atoms with Gasteiger partial charge in [-0.25, -0.2) is 9.18 Å². The van der Waals surface area contributed by atoms with E-state index in [1.165, 1.54) is 30.5 Å². The summed E-state index contributed by atoms with van der Waals surface area (Å²) in [5.41, 5.74) is 0.344. The average Bonchev–Trinajstić information content (AvgIpc) is 2.53. The van der Waals surface area contributed by atoms with Gasteiger partial charge < -0.3 is 9.72 Å². The molecule has 1 heterocycles. The molecule has 3 rings (SSSR count).